The first-order valence-corrected chi connectivity index (χ1v) is 10.0. The van der Waals surface area contributed by atoms with Gasteiger partial charge in [0.15, 0.2) is 0 Å². The summed E-state index contributed by atoms with van der Waals surface area (Å²) in [6.45, 7) is 5.22. The number of ether oxygens (including phenoxy) is 2. The average Bonchev–Trinajstić information content (AvgIpc) is 2.66. The predicted octanol–water partition coefficient (Wildman–Crippen LogP) is 3.58. The highest BCUT2D eigenvalue weighted by molar-refractivity contribution is 7.89. The van der Waals surface area contributed by atoms with Crippen LogP contribution in [0.5, 0.6) is 11.5 Å². The lowest BCUT2D eigenvalue weighted by atomic mass is 10.2. The van der Waals surface area contributed by atoms with E-state index in [0.717, 1.165) is 12.8 Å². The molecule has 0 fully saturated rings. The molecule has 2 aromatic carbocycles. The van der Waals surface area contributed by atoms with Crippen molar-refractivity contribution in [1.29, 1.82) is 0 Å². The highest BCUT2D eigenvalue weighted by atomic mass is 32.2. The second-order valence-corrected chi connectivity index (χ2v) is 7.22. The molecule has 0 saturated carbocycles. The number of hydrazone groups is 1. The molecule has 0 amide bonds. The van der Waals surface area contributed by atoms with E-state index in [1.807, 2.05) is 19.9 Å². The van der Waals surface area contributed by atoms with Crippen LogP contribution in [0.15, 0.2) is 58.5 Å². The first-order chi connectivity index (χ1) is 12.6. The van der Waals surface area contributed by atoms with Crippen LogP contribution >= 0.6 is 0 Å². The molecular weight excluding hydrogens is 352 g/mol. The van der Waals surface area contributed by atoms with E-state index in [1.165, 1.54) is 18.3 Å². The third-order valence-electron chi connectivity index (χ3n) is 3.35. The first kappa shape index (κ1) is 19.8. The van der Waals surface area contributed by atoms with Crippen LogP contribution in [0.3, 0.4) is 0 Å². The molecule has 0 spiro atoms. The summed E-state index contributed by atoms with van der Waals surface area (Å²) >= 11 is 0. The van der Waals surface area contributed by atoms with Crippen molar-refractivity contribution in [2.75, 3.05) is 13.2 Å². The van der Waals surface area contributed by atoms with Gasteiger partial charge in [-0.05, 0) is 37.1 Å². The van der Waals surface area contributed by atoms with Crippen molar-refractivity contribution in [1.82, 2.24) is 4.83 Å². The summed E-state index contributed by atoms with van der Waals surface area (Å²) in [6.07, 6.45) is 3.20. The normalized spacial score (nSPS) is 11.5. The number of benzene rings is 2. The van der Waals surface area contributed by atoms with Crippen LogP contribution in [0, 0.1) is 0 Å². The van der Waals surface area contributed by atoms with Crippen molar-refractivity contribution in [2.45, 2.75) is 31.6 Å². The van der Waals surface area contributed by atoms with Gasteiger partial charge in [0.2, 0.25) is 0 Å². The molecule has 0 heterocycles. The maximum absolute atomic E-state index is 12.2. The molecule has 7 heteroatoms. The number of nitrogens with one attached hydrogen (secondary N) is 1. The Hall–Kier alpha value is -2.54. The second-order valence-electron chi connectivity index (χ2n) is 5.56. The van der Waals surface area contributed by atoms with Gasteiger partial charge in [0, 0.05) is 11.6 Å². The molecule has 0 aromatic heterocycles. The molecule has 2 rings (SSSR count). The lowest BCUT2D eigenvalue weighted by Gasteiger charge is -2.11. The number of nitrogens with zero attached hydrogens (tertiary/aromatic N) is 1. The topological polar surface area (TPSA) is 77.0 Å². The molecule has 0 saturated heterocycles. The summed E-state index contributed by atoms with van der Waals surface area (Å²) in [6, 6.07) is 13.5. The van der Waals surface area contributed by atoms with Crippen molar-refractivity contribution < 1.29 is 17.9 Å². The fourth-order valence-electron chi connectivity index (χ4n) is 2.09. The van der Waals surface area contributed by atoms with Crippen molar-refractivity contribution in [2.24, 2.45) is 5.10 Å². The Balaban J connectivity index is 2.15. The lowest BCUT2D eigenvalue weighted by molar-refractivity contribution is 0.301. The number of hydrogen-bond acceptors (Lipinski definition) is 5. The summed E-state index contributed by atoms with van der Waals surface area (Å²) in [7, 11) is -3.69. The van der Waals surface area contributed by atoms with E-state index in [0.29, 0.717) is 30.3 Å². The Labute approximate surface area is 154 Å². The molecular formula is C19H24N2O4S. The van der Waals surface area contributed by atoms with Crippen LogP contribution in [0.1, 0.15) is 32.3 Å². The molecule has 1 N–H and O–H groups in total. The zero-order chi connectivity index (χ0) is 18.8. The number of rotatable bonds is 10. The Morgan fingerprint density at radius 3 is 2.38 bits per heavy atom. The summed E-state index contributed by atoms with van der Waals surface area (Å²) in [4.78, 5) is 2.37. The van der Waals surface area contributed by atoms with Crippen LogP contribution in [0.4, 0.5) is 0 Å². The van der Waals surface area contributed by atoms with E-state index in [-0.39, 0.29) is 4.90 Å². The van der Waals surface area contributed by atoms with Crippen LogP contribution in [0.2, 0.25) is 0 Å². The average molecular weight is 376 g/mol. The van der Waals surface area contributed by atoms with Gasteiger partial charge in [-0.15, -0.1) is 0 Å². The Morgan fingerprint density at radius 2 is 1.69 bits per heavy atom. The SMILES string of the molecule is CCCOc1ccc(/C=N/NS(=O)(=O)c2ccccc2)c(OCCC)c1. The van der Waals surface area contributed by atoms with Gasteiger partial charge in [-0.1, -0.05) is 32.0 Å². The molecule has 0 aliphatic heterocycles. The molecule has 2 aromatic rings. The van der Waals surface area contributed by atoms with Crippen LogP contribution in [-0.4, -0.2) is 27.8 Å². The third-order valence-corrected chi connectivity index (χ3v) is 4.59. The van der Waals surface area contributed by atoms with Gasteiger partial charge >= 0.3 is 0 Å². The van der Waals surface area contributed by atoms with E-state index in [4.69, 9.17) is 9.47 Å². The highest BCUT2D eigenvalue weighted by Gasteiger charge is 2.11. The fourth-order valence-corrected chi connectivity index (χ4v) is 2.90. The minimum absolute atomic E-state index is 0.155. The maximum atomic E-state index is 12.2. The van der Waals surface area contributed by atoms with Gasteiger partial charge in [0.05, 0.1) is 24.3 Å². The summed E-state index contributed by atoms with van der Waals surface area (Å²) < 4.78 is 35.7. The van der Waals surface area contributed by atoms with E-state index >= 15 is 0 Å². The quantitative estimate of drug-likeness (QED) is 0.508. The van der Waals surface area contributed by atoms with Gasteiger partial charge in [0.25, 0.3) is 10.0 Å². The Kier molecular flexibility index (Phi) is 7.47. The largest absolute Gasteiger partial charge is 0.493 e. The third kappa shape index (κ3) is 5.77. The van der Waals surface area contributed by atoms with Gasteiger partial charge in [-0.2, -0.15) is 13.5 Å². The Morgan fingerprint density at radius 1 is 1.00 bits per heavy atom. The van der Waals surface area contributed by atoms with E-state index in [1.54, 1.807) is 30.3 Å². The zero-order valence-corrected chi connectivity index (χ0v) is 15.8. The summed E-state index contributed by atoms with van der Waals surface area (Å²) in [5, 5.41) is 3.87. The van der Waals surface area contributed by atoms with Crippen molar-refractivity contribution in [3.05, 3.63) is 54.1 Å². The highest BCUT2D eigenvalue weighted by Crippen LogP contribution is 2.24. The standard InChI is InChI=1S/C19H24N2O4S/c1-3-12-24-17-11-10-16(19(14-17)25-13-4-2)15-20-21-26(22,23)18-8-6-5-7-9-18/h5-11,14-15,21H,3-4,12-13H2,1-2H3/b20-15+. The molecule has 6 nitrogen and oxygen atoms in total. The van der Waals surface area contributed by atoms with E-state index in [2.05, 4.69) is 9.93 Å². The van der Waals surface area contributed by atoms with Gasteiger partial charge in [0.1, 0.15) is 11.5 Å². The van der Waals surface area contributed by atoms with Crippen molar-refractivity contribution >= 4 is 16.2 Å². The van der Waals surface area contributed by atoms with Crippen molar-refractivity contribution in [3.63, 3.8) is 0 Å². The fraction of sp³-hybridized carbons (Fsp3) is 0.316. The molecule has 140 valence electrons. The number of sulfonamides is 1. The molecule has 26 heavy (non-hydrogen) atoms. The smallest absolute Gasteiger partial charge is 0.276 e. The van der Waals surface area contributed by atoms with Gasteiger partial charge in [-0.25, -0.2) is 4.83 Å². The molecule has 0 unspecified atom stereocenters. The predicted molar refractivity (Wildman–Crippen MR) is 102 cm³/mol. The minimum atomic E-state index is -3.69. The second kappa shape index (κ2) is 9.82. The van der Waals surface area contributed by atoms with Crippen LogP contribution < -0.4 is 14.3 Å². The molecule has 0 aliphatic rings. The van der Waals surface area contributed by atoms with Crippen LogP contribution in [0.25, 0.3) is 0 Å². The molecule has 0 bridgehead atoms. The minimum Gasteiger partial charge on any atom is -0.493 e. The zero-order valence-electron chi connectivity index (χ0n) is 15.0. The molecule has 0 radical (unpaired) electrons. The summed E-state index contributed by atoms with van der Waals surface area (Å²) in [5.74, 6) is 1.31. The van der Waals surface area contributed by atoms with Gasteiger partial charge < -0.3 is 9.47 Å². The first-order valence-electron chi connectivity index (χ1n) is 8.56. The van der Waals surface area contributed by atoms with Crippen LogP contribution in [-0.2, 0) is 10.0 Å². The van der Waals surface area contributed by atoms with E-state index in [9.17, 15) is 8.42 Å². The summed E-state index contributed by atoms with van der Waals surface area (Å²) in [5.41, 5.74) is 0.665. The maximum Gasteiger partial charge on any atom is 0.276 e. The molecule has 0 atom stereocenters. The Bertz CT molecular complexity index is 821. The monoisotopic (exact) mass is 376 g/mol. The lowest BCUT2D eigenvalue weighted by Crippen LogP contribution is -2.18. The number of hydrogen-bond donors (Lipinski definition) is 1. The molecule has 0 aliphatic carbocycles. The van der Waals surface area contributed by atoms with Crippen molar-refractivity contribution in [3.8, 4) is 11.5 Å². The van der Waals surface area contributed by atoms with Gasteiger partial charge in [-0.3, -0.25) is 0 Å². The van der Waals surface area contributed by atoms with E-state index < -0.39 is 10.0 Å².